The first-order valence-electron chi connectivity index (χ1n) is 9.13. The first kappa shape index (κ1) is 16.4. The Hall–Kier alpha value is -3.73. The molecule has 5 rings (SSSR count). The van der Waals surface area contributed by atoms with Crippen molar-refractivity contribution in [3.8, 4) is 11.1 Å². The number of carbonyl (C=O) groups excluding carboxylic acids is 2. The Kier molecular flexibility index (Phi) is 3.62. The number of benzene rings is 3. The van der Waals surface area contributed by atoms with Crippen LogP contribution in [-0.2, 0) is 6.42 Å². The van der Waals surface area contributed by atoms with E-state index in [9.17, 15) is 9.59 Å². The van der Waals surface area contributed by atoms with Gasteiger partial charge in [0.15, 0.2) is 17.3 Å². The van der Waals surface area contributed by atoms with E-state index in [0.717, 1.165) is 11.1 Å². The van der Waals surface area contributed by atoms with Crippen LogP contribution in [0.3, 0.4) is 0 Å². The maximum Gasteiger partial charge on any atom is 0.255 e. The fraction of sp³-hybridized carbons (Fsp3) is 0.0870. The first-order chi connectivity index (χ1) is 13.6. The zero-order valence-corrected chi connectivity index (χ0v) is 15.2. The maximum atomic E-state index is 12.7. The van der Waals surface area contributed by atoms with Gasteiger partial charge in [-0.2, -0.15) is 0 Å². The summed E-state index contributed by atoms with van der Waals surface area (Å²) in [5.74, 6) is 0.344. The second kappa shape index (κ2) is 6.16. The summed E-state index contributed by atoms with van der Waals surface area (Å²) in [6.45, 7) is 1.97. The maximum absolute atomic E-state index is 12.7. The summed E-state index contributed by atoms with van der Waals surface area (Å²) in [6.07, 6.45) is 0.710. The lowest BCUT2D eigenvalue weighted by Crippen LogP contribution is -2.12. The Morgan fingerprint density at radius 2 is 1.75 bits per heavy atom. The molecule has 4 aromatic rings. The van der Waals surface area contributed by atoms with Crippen molar-refractivity contribution in [3.63, 3.8) is 0 Å². The standard InChI is InChI=1S/C23H16N2O3/c1-2-21-25-19-12-14(8-10-20(19)28-21)24-23(27)13-7-9-16-15-5-3-4-6-17(15)22(26)18(16)11-13/h3-12H,2H2,1H3,(H,24,27). The highest BCUT2D eigenvalue weighted by Gasteiger charge is 2.27. The van der Waals surface area contributed by atoms with Gasteiger partial charge in [0, 0.05) is 28.8 Å². The number of amides is 1. The largest absolute Gasteiger partial charge is 0.441 e. The number of fused-ring (bicyclic) bond motifs is 4. The molecular weight excluding hydrogens is 352 g/mol. The summed E-state index contributed by atoms with van der Waals surface area (Å²) in [4.78, 5) is 29.8. The number of anilines is 1. The molecule has 28 heavy (non-hydrogen) atoms. The van der Waals surface area contributed by atoms with Gasteiger partial charge in [-0.1, -0.05) is 37.3 Å². The van der Waals surface area contributed by atoms with Crippen LogP contribution in [0.25, 0.3) is 22.2 Å². The number of aromatic nitrogens is 1. The van der Waals surface area contributed by atoms with Crippen LogP contribution < -0.4 is 5.32 Å². The van der Waals surface area contributed by atoms with E-state index in [2.05, 4.69) is 10.3 Å². The van der Waals surface area contributed by atoms with Gasteiger partial charge in [0.2, 0.25) is 0 Å². The number of aryl methyl sites for hydroxylation is 1. The Bertz CT molecular complexity index is 1270. The molecule has 1 aliphatic rings. The number of nitrogens with one attached hydrogen (secondary N) is 1. The van der Waals surface area contributed by atoms with E-state index in [1.165, 1.54) is 0 Å². The molecule has 0 radical (unpaired) electrons. The van der Waals surface area contributed by atoms with Gasteiger partial charge in [0.1, 0.15) is 5.52 Å². The van der Waals surface area contributed by atoms with Gasteiger partial charge in [-0.25, -0.2) is 4.98 Å². The molecule has 5 heteroatoms. The van der Waals surface area contributed by atoms with Crippen LogP contribution in [0, 0.1) is 0 Å². The summed E-state index contributed by atoms with van der Waals surface area (Å²) in [5, 5.41) is 2.87. The van der Waals surface area contributed by atoms with Crippen molar-refractivity contribution >= 4 is 28.5 Å². The molecule has 0 fully saturated rings. The van der Waals surface area contributed by atoms with Crippen LogP contribution in [0.4, 0.5) is 5.69 Å². The van der Waals surface area contributed by atoms with E-state index in [-0.39, 0.29) is 11.7 Å². The number of oxazole rings is 1. The van der Waals surface area contributed by atoms with Crippen molar-refractivity contribution in [3.05, 3.63) is 83.2 Å². The van der Waals surface area contributed by atoms with E-state index < -0.39 is 0 Å². The van der Waals surface area contributed by atoms with Crippen molar-refractivity contribution in [1.29, 1.82) is 0 Å². The van der Waals surface area contributed by atoms with E-state index in [1.807, 2.05) is 37.3 Å². The SMILES string of the molecule is CCc1nc2cc(NC(=O)c3ccc4c(c3)C(=O)c3ccccc3-4)ccc2o1. The van der Waals surface area contributed by atoms with Crippen molar-refractivity contribution < 1.29 is 14.0 Å². The quantitative estimate of drug-likeness (QED) is 0.494. The Morgan fingerprint density at radius 1 is 0.964 bits per heavy atom. The number of ketones is 1. The molecule has 1 heterocycles. The lowest BCUT2D eigenvalue weighted by atomic mass is 10.0. The third-order valence-corrected chi connectivity index (χ3v) is 4.98. The van der Waals surface area contributed by atoms with E-state index in [4.69, 9.17) is 4.42 Å². The molecule has 136 valence electrons. The van der Waals surface area contributed by atoms with E-state index in [1.54, 1.807) is 30.3 Å². The van der Waals surface area contributed by atoms with Crippen molar-refractivity contribution in [2.45, 2.75) is 13.3 Å². The second-order valence-corrected chi connectivity index (χ2v) is 6.73. The highest BCUT2D eigenvalue weighted by atomic mass is 16.3. The predicted octanol–water partition coefficient (Wildman–Crippen LogP) is 4.85. The zero-order chi connectivity index (χ0) is 19.3. The van der Waals surface area contributed by atoms with Gasteiger partial charge < -0.3 is 9.73 Å². The summed E-state index contributed by atoms with van der Waals surface area (Å²) in [7, 11) is 0. The lowest BCUT2D eigenvalue weighted by Gasteiger charge is -2.07. The minimum atomic E-state index is -0.273. The van der Waals surface area contributed by atoms with Gasteiger partial charge in [0.05, 0.1) is 0 Å². The van der Waals surface area contributed by atoms with Crippen LogP contribution in [0.15, 0.2) is 65.1 Å². The van der Waals surface area contributed by atoms with Gasteiger partial charge in [0.25, 0.3) is 5.91 Å². The normalized spacial score (nSPS) is 12.1. The lowest BCUT2D eigenvalue weighted by molar-refractivity contribution is 0.102. The number of nitrogens with zero attached hydrogens (tertiary/aromatic N) is 1. The Labute approximate surface area is 161 Å². The molecule has 1 N–H and O–H groups in total. The van der Waals surface area contributed by atoms with Crippen molar-refractivity contribution in [2.75, 3.05) is 5.32 Å². The molecule has 1 amide bonds. The van der Waals surface area contributed by atoms with Gasteiger partial charge in [-0.05, 0) is 41.5 Å². The molecule has 1 aromatic heterocycles. The summed E-state index contributed by atoms with van der Waals surface area (Å²) in [6, 6.07) is 18.1. The highest BCUT2D eigenvalue weighted by Crippen LogP contribution is 2.36. The van der Waals surface area contributed by atoms with E-state index >= 15 is 0 Å². The topological polar surface area (TPSA) is 72.2 Å². The van der Waals surface area contributed by atoms with Crippen molar-refractivity contribution in [1.82, 2.24) is 4.98 Å². The molecule has 3 aromatic carbocycles. The van der Waals surface area contributed by atoms with Gasteiger partial charge >= 0.3 is 0 Å². The zero-order valence-electron chi connectivity index (χ0n) is 15.2. The smallest absolute Gasteiger partial charge is 0.255 e. The average molecular weight is 368 g/mol. The second-order valence-electron chi connectivity index (χ2n) is 6.73. The van der Waals surface area contributed by atoms with Crippen molar-refractivity contribution in [2.24, 2.45) is 0 Å². The van der Waals surface area contributed by atoms with Crippen LogP contribution >= 0.6 is 0 Å². The molecular formula is C23H16N2O3. The Balaban J connectivity index is 1.44. The number of rotatable bonds is 3. The molecule has 0 atom stereocenters. The Morgan fingerprint density at radius 3 is 2.57 bits per heavy atom. The molecule has 1 aliphatic carbocycles. The summed E-state index contributed by atoms with van der Waals surface area (Å²) in [5.41, 5.74) is 5.49. The third kappa shape index (κ3) is 2.52. The number of carbonyl (C=O) groups is 2. The molecule has 0 aliphatic heterocycles. The average Bonchev–Trinajstić information content (AvgIpc) is 3.27. The molecule has 0 saturated heterocycles. The summed E-state index contributed by atoms with van der Waals surface area (Å²) >= 11 is 0. The third-order valence-electron chi connectivity index (χ3n) is 4.98. The fourth-order valence-electron chi connectivity index (χ4n) is 3.58. The first-order valence-corrected chi connectivity index (χ1v) is 9.13. The van der Waals surface area contributed by atoms with E-state index in [0.29, 0.717) is 45.8 Å². The highest BCUT2D eigenvalue weighted by molar-refractivity contribution is 6.22. The number of hydrogen-bond acceptors (Lipinski definition) is 4. The molecule has 5 nitrogen and oxygen atoms in total. The summed E-state index contributed by atoms with van der Waals surface area (Å²) < 4.78 is 5.59. The minimum absolute atomic E-state index is 0.0450. The van der Waals surface area contributed by atoms with Crippen LogP contribution in [-0.4, -0.2) is 16.7 Å². The van der Waals surface area contributed by atoms with Crippen LogP contribution in [0.2, 0.25) is 0 Å². The van der Waals surface area contributed by atoms with Crippen LogP contribution in [0.5, 0.6) is 0 Å². The van der Waals surface area contributed by atoms with Crippen LogP contribution in [0.1, 0.15) is 39.1 Å². The molecule has 0 bridgehead atoms. The monoisotopic (exact) mass is 368 g/mol. The fourth-order valence-corrected chi connectivity index (χ4v) is 3.58. The van der Waals surface area contributed by atoms with Gasteiger partial charge in [-0.15, -0.1) is 0 Å². The molecule has 0 spiro atoms. The number of hydrogen-bond donors (Lipinski definition) is 1. The predicted molar refractivity (Wildman–Crippen MR) is 107 cm³/mol. The molecule has 0 unspecified atom stereocenters. The molecule has 0 saturated carbocycles. The van der Waals surface area contributed by atoms with Gasteiger partial charge in [-0.3, -0.25) is 9.59 Å². The minimum Gasteiger partial charge on any atom is -0.441 e.